The number of aromatic nitrogens is 2. The van der Waals surface area contributed by atoms with E-state index in [0.717, 1.165) is 23.5 Å². The lowest BCUT2D eigenvalue weighted by Gasteiger charge is -2.20. The second kappa shape index (κ2) is 11.2. The fraction of sp³-hybridized carbons (Fsp3) is 0.100. The number of ether oxygens (including phenoxy) is 2. The summed E-state index contributed by atoms with van der Waals surface area (Å²) < 4.78 is 48.6. The molecule has 2 aromatic heterocycles. The van der Waals surface area contributed by atoms with Gasteiger partial charge in [0.05, 0.1) is 29.4 Å². The molecule has 0 radical (unpaired) electrons. The highest BCUT2D eigenvalue weighted by Crippen LogP contribution is 2.35. The third kappa shape index (κ3) is 5.97. The first-order valence-electron chi connectivity index (χ1n) is 12.4. The number of rotatable bonds is 9. The third-order valence-electron chi connectivity index (χ3n) is 6.39. The molecule has 2 N–H and O–H groups in total. The predicted octanol–water partition coefficient (Wildman–Crippen LogP) is 6.81. The Bertz CT molecular complexity index is 1750. The van der Waals surface area contributed by atoms with Crippen LogP contribution in [0.15, 0.2) is 91.3 Å². The summed E-state index contributed by atoms with van der Waals surface area (Å²) in [7, 11) is 1.87. The van der Waals surface area contributed by atoms with Gasteiger partial charge in [-0.25, -0.2) is 4.79 Å². The quantitative estimate of drug-likeness (QED) is 0.196. The Hall–Kier alpha value is -5.52. The molecule has 3 aromatic carbocycles. The topological polar surface area (TPSA) is 114 Å². The zero-order valence-corrected chi connectivity index (χ0v) is 21.9. The van der Waals surface area contributed by atoms with E-state index < -0.39 is 30.5 Å². The van der Waals surface area contributed by atoms with E-state index in [4.69, 9.17) is 4.74 Å². The molecule has 0 saturated heterocycles. The van der Waals surface area contributed by atoms with Gasteiger partial charge in [-0.1, -0.05) is 0 Å². The van der Waals surface area contributed by atoms with E-state index in [1.165, 1.54) is 18.2 Å². The fourth-order valence-electron chi connectivity index (χ4n) is 4.60. The summed E-state index contributed by atoms with van der Waals surface area (Å²) in [5.41, 5.74) is 2.50. The average Bonchev–Trinajstić information content (AvgIpc) is 3.26. The molecule has 0 aliphatic carbocycles. The second-order valence-electron chi connectivity index (χ2n) is 9.12. The Morgan fingerprint density at radius 1 is 0.905 bits per heavy atom. The molecule has 0 spiro atoms. The summed E-state index contributed by atoms with van der Waals surface area (Å²) in [4.78, 5) is 30.3. The summed E-state index contributed by atoms with van der Waals surface area (Å²) in [5, 5.41) is 20.0. The van der Waals surface area contributed by atoms with Crippen LogP contribution in [0.2, 0.25) is 0 Å². The maximum atomic E-state index is 12.5. The van der Waals surface area contributed by atoms with E-state index in [2.05, 4.69) is 9.72 Å². The lowest BCUT2D eigenvalue weighted by Crippen LogP contribution is -2.16. The van der Waals surface area contributed by atoms with Crippen LogP contribution in [0.3, 0.4) is 0 Å². The number of alkyl halides is 3. The number of aliphatic carboxylic acids is 1. The van der Waals surface area contributed by atoms with Crippen molar-refractivity contribution in [2.45, 2.75) is 12.8 Å². The van der Waals surface area contributed by atoms with Crippen LogP contribution in [0, 0.1) is 0 Å². The zero-order chi connectivity index (χ0) is 30.0. The Kier molecular flexibility index (Phi) is 7.45. The van der Waals surface area contributed by atoms with Gasteiger partial charge in [0.2, 0.25) is 0 Å². The molecule has 5 rings (SSSR count). The molecular formula is C30H22F3N3O6. The van der Waals surface area contributed by atoms with Gasteiger partial charge in [-0.15, -0.1) is 13.2 Å². The number of hydrogen-bond donors (Lipinski definition) is 2. The molecule has 0 atom stereocenters. The van der Waals surface area contributed by atoms with Crippen LogP contribution < -0.4 is 14.4 Å². The standard InChI is InChI=1S/C30H22F3N3O6/c1-35(20-3-2-14-34-17-20)18-4-6-19(7-5-18)36-25-13-12-23(15-24(25)28(29(39)40)26(36)16-27(37)38)41-21-8-10-22(11-9-21)42-30(31,32)33/h2-15,17H,16H2,1H3,(H,37,38)(H,39,40). The summed E-state index contributed by atoms with van der Waals surface area (Å²) in [6.07, 6.45) is -2.02. The van der Waals surface area contributed by atoms with Crippen LogP contribution in [0.1, 0.15) is 16.1 Å². The second-order valence-corrected chi connectivity index (χ2v) is 9.12. The van der Waals surface area contributed by atoms with Crippen molar-refractivity contribution < 1.29 is 42.4 Å². The summed E-state index contributed by atoms with van der Waals surface area (Å²) in [5.74, 6) is -2.59. The van der Waals surface area contributed by atoms with Crippen LogP contribution in [0.4, 0.5) is 24.5 Å². The first-order valence-corrected chi connectivity index (χ1v) is 12.4. The van der Waals surface area contributed by atoms with Crippen molar-refractivity contribution in [3.8, 4) is 22.9 Å². The van der Waals surface area contributed by atoms with Crippen LogP contribution in [0.25, 0.3) is 16.6 Å². The largest absolute Gasteiger partial charge is 0.573 e. The fourth-order valence-corrected chi connectivity index (χ4v) is 4.60. The van der Waals surface area contributed by atoms with E-state index in [1.807, 2.05) is 36.2 Å². The number of pyridine rings is 1. The van der Waals surface area contributed by atoms with Crippen molar-refractivity contribution in [3.63, 3.8) is 0 Å². The van der Waals surface area contributed by atoms with Gasteiger partial charge in [0.1, 0.15) is 17.2 Å². The molecular weight excluding hydrogens is 555 g/mol. The number of fused-ring (bicyclic) bond motifs is 1. The molecule has 0 saturated carbocycles. The minimum Gasteiger partial charge on any atom is -0.481 e. The van der Waals surface area contributed by atoms with E-state index in [0.29, 0.717) is 11.2 Å². The van der Waals surface area contributed by atoms with Crippen molar-refractivity contribution >= 4 is 34.2 Å². The third-order valence-corrected chi connectivity index (χ3v) is 6.39. The maximum absolute atomic E-state index is 12.5. The molecule has 0 aliphatic heterocycles. The summed E-state index contributed by atoms with van der Waals surface area (Å²) in [6, 6.07) is 20.2. The monoisotopic (exact) mass is 577 g/mol. The van der Waals surface area contributed by atoms with E-state index in [-0.39, 0.29) is 28.1 Å². The Morgan fingerprint density at radius 3 is 2.17 bits per heavy atom. The number of carboxylic acids is 2. The highest BCUT2D eigenvalue weighted by molar-refractivity contribution is 6.07. The highest BCUT2D eigenvalue weighted by atomic mass is 19.4. The lowest BCUT2D eigenvalue weighted by molar-refractivity contribution is -0.274. The molecule has 214 valence electrons. The van der Waals surface area contributed by atoms with Gasteiger partial charge in [0.15, 0.2) is 0 Å². The Morgan fingerprint density at radius 2 is 1.57 bits per heavy atom. The van der Waals surface area contributed by atoms with Crippen molar-refractivity contribution in [2.24, 2.45) is 0 Å². The molecule has 0 aliphatic rings. The lowest BCUT2D eigenvalue weighted by atomic mass is 10.1. The number of carbonyl (C=O) groups is 2. The molecule has 9 nitrogen and oxygen atoms in total. The SMILES string of the molecule is CN(c1ccc(-n2c(CC(=O)O)c(C(=O)O)c3cc(Oc4ccc(OC(F)(F)F)cc4)ccc32)cc1)c1cccnc1. The molecule has 12 heteroatoms. The van der Waals surface area contributed by atoms with Gasteiger partial charge in [-0.05, 0) is 78.9 Å². The van der Waals surface area contributed by atoms with E-state index in [1.54, 1.807) is 41.2 Å². The number of carboxylic acid groups (broad SMARTS) is 2. The molecule has 5 aromatic rings. The minimum absolute atomic E-state index is 0.0594. The van der Waals surface area contributed by atoms with Gasteiger partial charge in [0.25, 0.3) is 0 Å². The van der Waals surface area contributed by atoms with Crippen molar-refractivity contribution in [1.82, 2.24) is 9.55 Å². The number of hydrogen-bond acceptors (Lipinski definition) is 6. The first kappa shape index (κ1) is 28.0. The van der Waals surface area contributed by atoms with Crippen LogP contribution >= 0.6 is 0 Å². The van der Waals surface area contributed by atoms with Crippen LogP contribution in [0.5, 0.6) is 17.2 Å². The smallest absolute Gasteiger partial charge is 0.481 e. The normalized spacial score (nSPS) is 11.3. The zero-order valence-electron chi connectivity index (χ0n) is 21.9. The molecule has 0 unspecified atom stereocenters. The van der Waals surface area contributed by atoms with Gasteiger partial charge in [-0.2, -0.15) is 0 Å². The number of anilines is 2. The number of nitrogens with zero attached hydrogens (tertiary/aromatic N) is 3. The summed E-state index contributed by atoms with van der Waals surface area (Å²) >= 11 is 0. The average molecular weight is 578 g/mol. The van der Waals surface area contributed by atoms with Gasteiger partial charge >= 0.3 is 18.3 Å². The van der Waals surface area contributed by atoms with Crippen molar-refractivity contribution in [2.75, 3.05) is 11.9 Å². The highest BCUT2D eigenvalue weighted by Gasteiger charge is 2.31. The van der Waals surface area contributed by atoms with E-state index >= 15 is 0 Å². The molecule has 2 heterocycles. The maximum Gasteiger partial charge on any atom is 0.573 e. The molecule has 0 bridgehead atoms. The molecule has 42 heavy (non-hydrogen) atoms. The molecule has 0 amide bonds. The molecule has 0 fully saturated rings. The summed E-state index contributed by atoms with van der Waals surface area (Å²) in [6.45, 7) is 0. The number of benzene rings is 3. The Labute approximate surface area is 236 Å². The van der Waals surface area contributed by atoms with Crippen molar-refractivity contribution in [3.05, 3.63) is 103 Å². The van der Waals surface area contributed by atoms with E-state index in [9.17, 15) is 33.0 Å². The minimum atomic E-state index is -4.84. The van der Waals surface area contributed by atoms with Gasteiger partial charge < -0.3 is 29.2 Å². The number of halogens is 3. The predicted molar refractivity (Wildman–Crippen MR) is 147 cm³/mol. The van der Waals surface area contributed by atoms with Gasteiger partial charge in [-0.3, -0.25) is 9.78 Å². The van der Waals surface area contributed by atoms with Gasteiger partial charge in [0, 0.05) is 35.7 Å². The number of aromatic carboxylic acids is 1. The Balaban J connectivity index is 1.54. The van der Waals surface area contributed by atoms with Crippen LogP contribution in [-0.4, -0.2) is 45.1 Å². The first-order chi connectivity index (χ1) is 20.0. The van der Waals surface area contributed by atoms with Crippen LogP contribution in [-0.2, 0) is 11.2 Å². The van der Waals surface area contributed by atoms with Crippen molar-refractivity contribution in [1.29, 1.82) is 0 Å².